The molecule has 0 bridgehead atoms. The fraction of sp³-hybridized carbons (Fsp3) is 0.250. The van der Waals surface area contributed by atoms with Crippen LogP contribution >= 0.6 is 0 Å². The summed E-state index contributed by atoms with van der Waals surface area (Å²) in [7, 11) is 0. The molecule has 0 aliphatic heterocycles. The number of nitrogens with one attached hydrogen (secondary N) is 2. The molecular formula is C16H18N4O5. The molecule has 2 rings (SSSR count). The quantitative estimate of drug-likeness (QED) is 0.495. The van der Waals surface area contributed by atoms with E-state index in [9.17, 15) is 20.2 Å². The van der Waals surface area contributed by atoms with Gasteiger partial charge in [-0.15, -0.1) is 0 Å². The predicted octanol–water partition coefficient (Wildman–Crippen LogP) is 2.83. The molecule has 3 N–H and O–H groups in total. The van der Waals surface area contributed by atoms with E-state index in [1.54, 1.807) is 25.1 Å². The van der Waals surface area contributed by atoms with Crippen LogP contribution in [0.5, 0.6) is 0 Å². The van der Waals surface area contributed by atoms with E-state index in [0.29, 0.717) is 29.0 Å². The summed E-state index contributed by atoms with van der Waals surface area (Å²) in [5, 5.41) is 37.0. The third-order valence-corrected chi connectivity index (χ3v) is 3.72. The van der Waals surface area contributed by atoms with Gasteiger partial charge in [0.2, 0.25) is 0 Å². The number of hydrogen-bond donors (Lipinski definition) is 3. The highest BCUT2D eigenvalue weighted by Crippen LogP contribution is 2.28. The second-order valence-corrected chi connectivity index (χ2v) is 5.31. The van der Waals surface area contributed by atoms with E-state index < -0.39 is 9.85 Å². The van der Waals surface area contributed by atoms with Crippen molar-refractivity contribution in [3.63, 3.8) is 0 Å². The molecule has 0 saturated carbocycles. The van der Waals surface area contributed by atoms with Crippen molar-refractivity contribution in [2.75, 3.05) is 23.8 Å². The van der Waals surface area contributed by atoms with Gasteiger partial charge in [0.15, 0.2) is 0 Å². The first kappa shape index (κ1) is 18.1. The van der Waals surface area contributed by atoms with E-state index in [1.165, 1.54) is 18.2 Å². The lowest BCUT2D eigenvalue weighted by atomic mass is 10.1. The van der Waals surface area contributed by atoms with Crippen LogP contribution in [0.3, 0.4) is 0 Å². The van der Waals surface area contributed by atoms with Crippen LogP contribution in [0.25, 0.3) is 0 Å². The summed E-state index contributed by atoms with van der Waals surface area (Å²) in [5.41, 5.74) is 2.28. The maximum atomic E-state index is 11.0. The monoisotopic (exact) mass is 346 g/mol. The fourth-order valence-electron chi connectivity index (χ4n) is 2.39. The molecule has 9 heteroatoms. The van der Waals surface area contributed by atoms with Crippen LogP contribution in [0, 0.1) is 27.2 Å². The van der Waals surface area contributed by atoms with E-state index in [1.807, 2.05) is 0 Å². The normalized spacial score (nSPS) is 10.3. The third-order valence-electron chi connectivity index (χ3n) is 3.72. The first-order valence-corrected chi connectivity index (χ1v) is 7.54. The summed E-state index contributed by atoms with van der Waals surface area (Å²) in [4.78, 5) is 21.0. The molecule has 0 spiro atoms. The van der Waals surface area contributed by atoms with Crippen molar-refractivity contribution in [1.29, 1.82) is 0 Å². The van der Waals surface area contributed by atoms with Gasteiger partial charge in [-0.3, -0.25) is 20.2 Å². The topological polar surface area (TPSA) is 131 Å². The van der Waals surface area contributed by atoms with Crippen molar-refractivity contribution in [3.05, 3.63) is 67.8 Å². The van der Waals surface area contributed by atoms with Crippen molar-refractivity contribution >= 4 is 22.7 Å². The number of aliphatic hydroxyl groups is 1. The highest BCUT2D eigenvalue weighted by Gasteiger charge is 2.14. The van der Waals surface area contributed by atoms with Gasteiger partial charge in [-0.1, -0.05) is 12.1 Å². The highest BCUT2D eigenvalue weighted by atomic mass is 16.6. The molecule has 132 valence electrons. The number of benzene rings is 2. The molecule has 0 aromatic heterocycles. The molecule has 0 fully saturated rings. The zero-order chi connectivity index (χ0) is 18.4. The standard InChI is InChI=1S/C16H18N4O5/c1-11-12(3-2-4-16(11)20(24)25)10-18-15-9-13(19(22)23)5-6-14(15)17-7-8-21/h2-6,9,17-18,21H,7-8,10H2,1H3. The number of nitro benzene ring substituents is 2. The minimum Gasteiger partial charge on any atom is -0.395 e. The van der Waals surface area contributed by atoms with Gasteiger partial charge in [0.1, 0.15) is 0 Å². The molecule has 0 amide bonds. The Labute approximate surface area is 143 Å². The van der Waals surface area contributed by atoms with Crippen molar-refractivity contribution in [1.82, 2.24) is 0 Å². The average molecular weight is 346 g/mol. The summed E-state index contributed by atoms with van der Waals surface area (Å²) in [5.74, 6) is 0. The van der Waals surface area contributed by atoms with E-state index >= 15 is 0 Å². The molecule has 0 aliphatic rings. The number of non-ortho nitro benzene ring substituents is 1. The van der Waals surface area contributed by atoms with Crippen molar-refractivity contribution in [2.24, 2.45) is 0 Å². The van der Waals surface area contributed by atoms with Gasteiger partial charge in [-0.05, 0) is 18.6 Å². The zero-order valence-corrected chi connectivity index (χ0v) is 13.6. The third kappa shape index (κ3) is 4.42. The first-order valence-electron chi connectivity index (χ1n) is 7.54. The SMILES string of the molecule is Cc1c(CNc2cc([N+](=O)[O-])ccc2NCCO)cccc1[N+](=O)[O-]. The van der Waals surface area contributed by atoms with Crippen LogP contribution in [0.15, 0.2) is 36.4 Å². The van der Waals surface area contributed by atoms with Crippen LogP contribution in [-0.2, 0) is 6.54 Å². The number of nitro groups is 2. The molecule has 0 aliphatic carbocycles. The predicted molar refractivity (Wildman–Crippen MR) is 93.8 cm³/mol. The number of hydrogen-bond acceptors (Lipinski definition) is 7. The Hall–Kier alpha value is -3.20. The molecule has 2 aromatic rings. The van der Waals surface area contributed by atoms with Gasteiger partial charge in [-0.2, -0.15) is 0 Å². The Morgan fingerprint density at radius 1 is 1.04 bits per heavy atom. The van der Waals surface area contributed by atoms with Crippen LogP contribution in [0.4, 0.5) is 22.7 Å². The summed E-state index contributed by atoms with van der Waals surface area (Å²) in [6.07, 6.45) is 0. The molecular weight excluding hydrogens is 328 g/mol. The van der Waals surface area contributed by atoms with E-state index in [2.05, 4.69) is 10.6 Å². The Kier molecular flexibility index (Phi) is 5.85. The van der Waals surface area contributed by atoms with Crippen LogP contribution in [-0.4, -0.2) is 28.1 Å². The number of rotatable bonds is 8. The fourth-order valence-corrected chi connectivity index (χ4v) is 2.39. The maximum Gasteiger partial charge on any atom is 0.272 e. The first-order chi connectivity index (χ1) is 11.9. The lowest BCUT2D eigenvalue weighted by Gasteiger charge is -2.14. The Morgan fingerprint density at radius 2 is 1.80 bits per heavy atom. The molecule has 9 nitrogen and oxygen atoms in total. The van der Waals surface area contributed by atoms with E-state index in [4.69, 9.17) is 5.11 Å². The summed E-state index contributed by atoms with van der Waals surface area (Å²) < 4.78 is 0. The number of aliphatic hydroxyl groups excluding tert-OH is 1. The molecule has 0 atom stereocenters. The minimum absolute atomic E-state index is 0.0250. The summed E-state index contributed by atoms with van der Waals surface area (Å²) in [6, 6.07) is 9.08. The lowest BCUT2D eigenvalue weighted by Crippen LogP contribution is -2.10. The Bertz CT molecular complexity index is 794. The van der Waals surface area contributed by atoms with Gasteiger partial charge >= 0.3 is 0 Å². The average Bonchev–Trinajstić information content (AvgIpc) is 2.59. The molecule has 2 aromatic carbocycles. The lowest BCUT2D eigenvalue weighted by molar-refractivity contribution is -0.385. The maximum absolute atomic E-state index is 11.0. The molecule has 0 saturated heterocycles. The molecule has 0 unspecified atom stereocenters. The van der Waals surface area contributed by atoms with Crippen LogP contribution < -0.4 is 10.6 Å². The zero-order valence-electron chi connectivity index (χ0n) is 13.6. The number of nitrogens with zero attached hydrogens (tertiary/aromatic N) is 2. The van der Waals surface area contributed by atoms with Gasteiger partial charge in [-0.25, -0.2) is 0 Å². The van der Waals surface area contributed by atoms with E-state index in [0.717, 1.165) is 0 Å². The van der Waals surface area contributed by atoms with Gasteiger partial charge in [0, 0.05) is 36.9 Å². The molecule has 0 radical (unpaired) electrons. The minimum atomic E-state index is -0.500. The van der Waals surface area contributed by atoms with Gasteiger partial charge in [0.25, 0.3) is 11.4 Å². The van der Waals surface area contributed by atoms with Gasteiger partial charge < -0.3 is 15.7 Å². The van der Waals surface area contributed by atoms with Gasteiger partial charge in [0.05, 0.1) is 27.8 Å². The van der Waals surface area contributed by atoms with Crippen LogP contribution in [0.2, 0.25) is 0 Å². The van der Waals surface area contributed by atoms with E-state index in [-0.39, 0.29) is 24.5 Å². The number of anilines is 2. The molecule has 25 heavy (non-hydrogen) atoms. The Balaban J connectivity index is 2.27. The largest absolute Gasteiger partial charge is 0.395 e. The summed E-state index contributed by atoms with van der Waals surface area (Å²) in [6.45, 7) is 2.14. The second kappa shape index (κ2) is 8.06. The highest BCUT2D eigenvalue weighted by molar-refractivity contribution is 5.72. The van der Waals surface area contributed by atoms with Crippen molar-refractivity contribution in [2.45, 2.75) is 13.5 Å². The van der Waals surface area contributed by atoms with Crippen molar-refractivity contribution in [3.8, 4) is 0 Å². The van der Waals surface area contributed by atoms with Crippen molar-refractivity contribution < 1.29 is 15.0 Å². The summed E-state index contributed by atoms with van der Waals surface area (Å²) >= 11 is 0. The van der Waals surface area contributed by atoms with Crippen LogP contribution in [0.1, 0.15) is 11.1 Å². The Morgan fingerprint density at radius 3 is 2.44 bits per heavy atom. The second-order valence-electron chi connectivity index (χ2n) is 5.31. The smallest absolute Gasteiger partial charge is 0.272 e. The molecule has 0 heterocycles.